The quantitative estimate of drug-likeness (QED) is 0.918. The zero-order chi connectivity index (χ0) is 13.1. The van der Waals surface area contributed by atoms with Crippen LogP contribution in [0, 0.1) is 25.2 Å². The molecule has 2 aromatic rings. The van der Waals surface area contributed by atoms with Crippen molar-refractivity contribution in [3.63, 3.8) is 0 Å². The predicted molar refractivity (Wildman–Crippen MR) is 73.7 cm³/mol. The minimum Gasteiger partial charge on any atom is -0.369 e. The first kappa shape index (κ1) is 12.5. The Balaban J connectivity index is 2.50. The summed E-state index contributed by atoms with van der Waals surface area (Å²) in [5.41, 5.74) is 2.28. The number of rotatable bonds is 3. The first-order valence-electron chi connectivity index (χ1n) is 5.75. The van der Waals surface area contributed by atoms with Gasteiger partial charge in [-0.3, -0.25) is 0 Å². The second kappa shape index (κ2) is 5.15. The van der Waals surface area contributed by atoms with Gasteiger partial charge in [0.15, 0.2) is 0 Å². The van der Waals surface area contributed by atoms with E-state index in [9.17, 15) is 0 Å². The number of pyridine rings is 1. The molecule has 0 saturated carbocycles. The van der Waals surface area contributed by atoms with E-state index in [1.807, 2.05) is 26.8 Å². The van der Waals surface area contributed by atoms with Crippen LogP contribution in [0.2, 0.25) is 0 Å². The van der Waals surface area contributed by atoms with Crippen molar-refractivity contribution in [3.05, 3.63) is 27.6 Å². The SMILES string of the molecule is CCNc1nc(-c2nc(C)sc2C)ccc1C#N. The van der Waals surface area contributed by atoms with Crippen molar-refractivity contribution in [1.29, 1.82) is 5.26 Å². The Kier molecular flexibility index (Phi) is 3.58. The van der Waals surface area contributed by atoms with Crippen LogP contribution in [0.1, 0.15) is 22.4 Å². The highest BCUT2D eigenvalue weighted by atomic mass is 32.1. The second-order valence-electron chi connectivity index (χ2n) is 3.87. The van der Waals surface area contributed by atoms with Gasteiger partial charge in [-0.05, 0) is 32.9 Å². The van der Waals surface area contributed by atoms with Gasteiger partial charge < -0.3 is 5.32 Å². The molecule has 2 aromatic heterocycles. The molecule has 2 heterocycles. The molecular formula is C13H14N4S. The number of nitriles is 1. The summed E-state index contributed by atoms with van der Waals surface area (Å²) >= 11 is 1.66. The van der Waals surface area contributed by atoms with Crippen LogP contribution in [0.5, 0.6) is 0 Å². The van der Waals surface area contributed by atoms with Crippen molar-refractivity contribution in [2.75, 3.05) is 11.9 Å². The number of thiazole rings is 1. The van der Waals surface area contributed by atoms with Gasteiger partial charge in [-0.25, -0.2) is 9.97 Å². The molecular weight excluding hydrogens is 244 g/mol. The Morgan fingerprint density at radius 3 is 2.67 bits per heavy atom. The molecule has 0 fully saturated rings. The lowest BCUT2D eigenvalue weighted by Gasteiger charge is -2.06. The summed E-state index contributed by atoms with van der Waals surface area (Å²) < 4.78 is 0. The van der Waals surface area contributed by atoms with Gasteiger partial charge in [-0.2, -0.15) is 5.26 Å². The van der Waals surface area contributed by atoms with Crippen LogP contribution in [0.4, 0.5) is 5.82 Å². The van der Waals surface area contributed by atoms with Gasteiger partial charge in [-0.1, -0.05) is 0 Å². The van der Waals surface area contributed by atoms with E-state index in [0.717, 1.165) is 27.8 Å². The molecule has 0 saturated heterocycles. The number of aromatic nitrogens is 2. The molecule has 0 aliphatic carbocycles. The molecule has 0 atom stereocenters. The zero-order valence-corrected chi connectivity index (χ0v) is 11.4. The van der Waals surface area contributed by atoms with Crippen molar-refractivity contribution >= 4 is 17.2 Å². The Hall–Kier alpha value is -1.93. The standard InChI is InChI=1S/C13H14N4S/c1-4-15-13-10(7-14)5-6-11(17-13)12-8(2)18-9(3)16-12/h5-6H,4H2,1-3H3,(H,15,17). The molecule has 4 nitrogen and oxygen atoms in total. The van der Waals surface area contributed by atoms with Crippen LogP contribution < -0.4 is 5.32 Å². The molecule has 18 heavy (non-hydrogen) atoms. The lowest BCUT2D eigenvalue weighted by atomic mass is 10.2. The third kappa shape index (κ3) is 2.34. The van der Waals surface area contributed by atoms with Crippen LogP contribution in [-0.2, 0) is 0 Å². The summed E-state index contributed by atoms with van der Waals surface area (Å²) in [5.74, 6) is 0.627. The number of nitrogens with one attached hydrogen (secondary N) is 1. The van der Waals surface area contributed by atoms with Crippen molar-refractivity contribution < 1.29 is 0 Å². The molecule has 2 rings (SSSR count). The highest BCUT2D eigenvalue weighted by molar-refractivity contribution is 7.11. The first-order valence-corrected chi connectivity index (χ1v) is 6.56. The third-order valence-corrected chi connectivity index (χ3v) is 3.39. The van der Waals surface area contributed by atoms with Crippen molar-refractivity contribution in [2.24, 2.45) is 0 Å². The lowest BCUT2D eigenvalue weighted by Crippen LogP contribution is -2.03. The molecule has 0 unspecified atom stereocenters. The second-order valence-corrected chi connectivity index (χ2v) is 5.28. The van der Waals surface area contributed by atoms with Gasteiger partial charge in [0.2, 0.25) is 0 Å². The first-order chi connectivity index (χ1) is 8.65. The van der Waals surface area contributed by atoms with Crippen molar-refractivity contribution in [1.82, 2.24) is 9.97 Å². The van der Waals surface area contributed by atoms with Crippen LogP contribution in [0.15, 0.2) is 12.1 Å². The normalized spacial score (nSPS) is 10.1. The highest BCUT2D eigenvalue weighted by Crippen LogP contribution is 2.27. The molecule has 0 spiro atoms. The van der Waals surface area contributed by atoms with E-state index < -0.39 is 0 Å². The number of nitrogens with zero attached hydrogens (tertiary/aromatic N) is 3. The van der Waals surface area contributed by atoms with E-state index in [1.165, 1.54) is 0 Å². The topological polar surface area (TPSA) is 61.6 Å². The van der Waals surface area contributed by atoms with Crippen LogP contribution in [0.25, 0.3) is 11.4 Å². The summed E-state index contributed by atoms with van der Waals surface area (Å²) in [6.07, 6.45) is 0. The molecule has 0 amide bonds. The van der Waals surface area contributed by atoms with E-state index in [0.29, 0.717) is 11.4 Å². The molecule has 0 aromatic carbocycles. The molecule has 92 valence electrons. The van der Waals surface area contributed by atoms with Crippen LogP contribution in [-0.4, -0.2) is 16.5 Å². The third-order valence-electron chi connectivity index (χ3n) is 2.51. The van der Waals surface area contributed by atoms with E-state index in [2.05, 4.69) is 21.4 Å². The van der Waals surface area contributed by atoms with Gasteiger partial charge >= 0.3 is 0 Å². The van der Waals surface area contributed by atoms with E-state index >= 15 is 0 Å². The molecule has 0 radical (unpaired) electrons. The Labute approximate surface area is 110 Å². The maximum atomic E-state index is 9.02. The van der Waals surface area contributed by atoms with Gasteiger partial charge in [-0.15, -0.1) is 11.3 Å². The van der Waals surface area contributed by atoms with Gasteiger partial charge in [0.1, 0.15) is 17.6 Å². The highest BCUT2D eigenvalue weighted by Gasteiger charge is 2.11. The molecule has 5 heteroatoms. The Morgan fingerprint density at radius 2 is 2.11 bits per heavy atom. The van der Waals surface area contributed by atoms with E-state index in [1.54, 1.807) is 17.4 Å². The van der Waals surface area contributed by atoms with Gasteiger partial charge in [0.05, 0.1) is 16.3 Å². The summed E-state index contributed by atoms with van der Waals surface area (Å²) in [4.78, 5) is 10.1. The van der Waals surface area contributed by atoms with E-state index in [4.69, 9.17) is 5.26 Å². The zero-order valence-electron chi connectivity index (χ0n) is 10.6. The number of aryl methyl sites for hydroxylation is 2. The lowest BCUT2D eigenvalue weighted by molar-refractivity contribution is 1.14. The van der Waals surface area contributed by atoms with Crippen LogP contribution in [0.3, 0.4) is 0 Å². The average Bonchev–Trinajstić information content (AvgIpc) is 2.69. The summed E-state index contributed by atoms with van der Waals surface area (Å²) in [5, 5.41) is 13.2. The largest absolute Gasteiger partial charge is 0.369 e. The van der Waals surface area contributed by atoms with E-state index in [-0.39, 0.29) is 0 Å². The van der Waals surface area contributed by atoms with Crippen molar-refractivity contribution in [3.8, 4) is 17.5 Å². The molecule has 1 N–H and O–H groups in total. The van der Waals surface area contributed by atoms with Gasteiger partial charge in [0.25, 0.3) is 0 Å². The predicted octanol–water partition coefficient (Wildman–Crippen LogP) is 3.13. The average molecular weight is 258 g/mol. The Morgan fingerprint density at radius 1 is 1.33 bits per heavy atom. The summed E-state index contributed by atoms with van der Waals surface area (Å²) in [6, 6.07) is 5.77. The minimum absolute atomic E-state index is 0.560. The minimum atomic E-state index is 0.560. The smallest absolute Gasteiger partial charge is 0.144 e. The maximum absolute atomic E-state index is 9.02. The number of hydrogen-bond donors (Lipinski definition) is 1. The van der Waals surface area contributed by atoms with Crippen LogP contribution >= 0.6 is 11.3 Å². The monoisotopic (exact) mass is 258 g/mol. The summed E-state index contributed by atoms with van der Waals surface area (Å²) in [7, 11) is 0. The Bertz CT molecular complexity index is 610. The fraction of sp³-hybridized carbons (Fsp3) is 0.308. The summed E-state index contributed by atoms with van der Waals surface area (Å²) in [6.45, 7) is 6.73. The molecule has 0 aliphatic rings. The van der Waals surface area contributed by atoms with Crippen molar-refractivity contribution in [2.45, 2.75) is 20.8 Å². The maximum Gasteiger partial charge on any atom is 0.144 e. The number of anilines is 1. The molecule has 0 aliphatic heterocycles. The fourth-order valence-electron chi connectivity index (χ4n) is 1.75. The number of hydrogen-bond acceptors (Lipinski definition) is 5. The van der Waals surface area contributed by atoms with Gasteiger partial charge in [0, 0.05) is 11.4 Å². The fourth-order valence-corrected chi connectivity index (χ4v) is 2.58. The molecule has 0 bridgehead atoms.